The summed E-state index contributed by atoms with van der Waals surface area (Å²) in [7, 11) is -0.923. The summed E-state index contributed by atoms with van der Waals surface area (Å²) in [5.41, 5.74) is 4.36. The Morgan fingerprint density at radius 2 is 1.94 bits per heavy atom. The third-order valence-electron chi connectivity index (χ3n) is 2.24. The fourth-order valence-electron chi connectivity index (χ4n) is 1.29. The van der Waals surface area contributed by atoms with Gasteiger partial charge in [0.1, 0.15) is 17.3 Å². The van der Waals surface area contributed by atoms with Crippen molar-refractivity contribution in [1.82, 2.24) is 5.32 Å². The van der Waals surface area contributed by atoms with Crippen LogP contribution in [0.1, 0.15) is 16.8 Å². The van der Waals surface area contributed by atoms with Crippen LogP contribution in [-0.4, -0.2) is 28.7 Å². The molecule has 0 aliphatic carbocycles. The number of amides is 1. The average molecular weight is 276 g/mol. The summed E-state index contributed by atoms with van der Waals surface area (Å²) >= 11 is 0. The third-order valence-corrected chi connectivity index (χ3v) is 3.10. The molecule has 0 aliphatic heterocycles. The summed E-state index contributed by atoms with van der Waals surface area (Å²) in [6, 6.07) is 1.76. The third kappa shape index (κ3) is 4.06. The van der Waals surface area contributed by atoms with Gasteiger partial charge in [-0.3, -0.25) is 9.00 Å². The van der Waals surface area contributed by atoms with Gasteiger partial charge < -0.3 is 11.1 Å². The van der Waals surface area contributed by atoms with E-state index in [1.165, 1.54) is 0 Å². The Balaban J connectivity index is 2.59. The lowest BCUT2D eigenvalue weighted by molar-refractivity contribution is 0.0953. The number of rotatable bonds is 5. The molecule has 1 aromatic rings. The Bertz CT molecular complexity index is 457. The van der Waals surface area contributed by atoms with E-state index in [0.29, 0.717) is 18.7 Å². The number of carbonyl (C=O) groups excluding carboxylic acids is 1. The first-order valence-electron chi connectivity index (χ1n) is 5.24. The molecule has 0 bridgehead atoms. The lowest BCUT2D eigenvalue weighted by atomic mass is 10.1. The molecule has 0 radical (unpaired) electrons. The lowest BCUT2D eigenvalue weighted by Crippen LogP contribution is -2.25. The highest BCUT2D eigenvalue weighted by atomic mass is 32.2. The Kier molecular flexibility index (Phi) is 5.21. The van der Waals surface area contributed by atoms with Crippen LogP contribution in [0.2, 0.25) is 0 Å². The summed E-state index contributed by atoms with van der Waals surface area (Å²) in [6.07, 6.45) is 2.10. The van der Waals surface area contributed by atoms with Crippen molar-refractivity contribution in [1.29, 1.82) is 0 Å². The fourth-order valence-corrected chi connectivity index (χ4v) is 1.85. The predicted molar refractivity (Wildman–Crippen MR) is 66.7 cm³/mol. The van der Waals surface area contributed by atoms with Gasteiger partial charge in [0.25, 0.3) is 5.91 Å². The number of hydrogen-bond acceptors (Lipinski definition) is 3. The van der Waals surface area contributed by atoms with Crippen molar-refractivity contribution in [3.63, 3.8) is 0 Å². The van der Waals surface area contributed by atoms with Crippen LogP contribution in [0.25, 0.3) is 0 Å². The molecular formula is C11H14F2N2O2S. The van der Waals surface area contributed by atoms with E-state index >= 15 is 0 Å². The first kappa shape index (κ1) is 14.6. The molecule has 0 aromatic heterocycles. The van der Waals surface area contributed by atoms with Crippen molar-refractivity contribution in [3.8, 4) is 0 Å². The Morgan fingerprint density at radius 3 is 2.44 bits per heavy atom. The van der Waals surface area contributed by atoms with Crippen molar-refractivity contribution in [2.24, 2.45) is 0 Å². The number of nitrogens with two attached hydrogens (primary N) is 1. The van der Waals surface area contributed by atoms with Crippen molar-refractivity contribution in [2.45, 2.75) is 6.42 Å². The zero-order valence-electron chi connectivity index (χ0n) is 9.83. The monoisotopic (exact) mass is 276 g/mol. The molecular weight excluding hydrogens is 262 g/mol. The van der Waals surface area contributed by atoms with Crippen molar-refractivity contribution in [2.75, 3.05) is 24.3 Å². The van der Waals surface area contributed by atoms with E-state index in [1.807, 2.05) is 0 Å². The highest BCUT2D eigenvalue weighted by Gasteiger charge is 2.12. The van der Waals surface area contributed by atoms with Gasteiger partial charge in [-0.1, -0.05) is 0 Å². The maximum absolute atomic E-state index is 13.1. The quantitative estimate of drug-likeness (QED) is 0.623. The molecule has 0 spiro atoms. The van der Waals surface area contributed by atoms with E-state index in [4.69, 9.17) is 5.73 Å². The van der Waals surface area contributed by atoms with Gasteiger partial charge in [0.15, 0.2) is 0 Å². The molecule has 1 rings (SSSR count). The molecule has 0 aliphatic rings. The molecule has 100 valence electrons. The summed E-state index contributed by atoms with van der Waals surface area (Å²) in [5.74, 6) is -2.05. The molecule has 1 amide bonds. The number of halogens is 2. The van der Waals surface area contributed by atoms with Gasteiger partial charge in [-0.25, -0.2) is 8.78 Å². The van der Waals surface area contributed by atoms with Crippen LogP contribution < -0.4 is 11.1 Å². The Labute approximate surface area is 106 Å². The van der Waals surface area contributed by atoms with Crippen LogP contribution in [0.5, 0.6) is 0 Å². The van der Waals surface area contributed by atoms with Crippen LogP contribution in [-0.2, 0) is 10.8 Å². The summed E-state index contributed by atoms with van der Waals surface area (Å²) < 4.78 is 37.0. The fraction of sp³-hybridized carbons (Fsp3) is 0.364. The van der Waals surface area contributed by atoms with Gasteiger partial charge in [-0.15, -0.1) is 0 Å². The van der Waals surface area contributed by atoms with Crippen molar-refractivity contribution >= 4 is 22.4 Å². The van der Waals surface area contributed by atoms with E-state index in [0.717, 1.165) is 12.1 Å². The molecule has 1 atom stereocenters. The smallest absolute Gasteiger partial charge is 0.251 e. The van der Waals surface area contributed by atoms with Gasteiger partial charge in [0, 0.05) is 34.9 Å². The Morgan fingerprint density at radius 1 is 1.39 bits per heavy atom. The normalized spacial score (nSPS) is 12.2. The number of carbonyl (C=O) groups is 1. The number of anilines is 1. The van der Waals surface area contributed by atoms with Gasteiger partial charge in [-0.05, 0) is 18.6 Å². The Hall–Kier alpha value is -1.50. The van der Waals surface area contributed by atoms with Crippen LogP contribution in [0.15, 0.2) is 12.1 Å². The molecule has 0 heterocycles. The van der Waals surface area contributed by atoms with E-state index in [-0.39, 0.29) is 5.56 Å². The minimum atomic E-state index is -0.963. The second-order valence-corrected chi connectivity index (χ2v) is 5.29. The van der Waals surface area contributed by atoms with Gasteiger partial charge in [0.05, 0.1) is 0 Å². The summed E-state index contributed by atoms with van der Waals surface area (Å²) in [4.78, 5) is 11.5. The minimum Gasteiger partial charge on any atom is -0.394 e. The minimum absolute atomic E-state index is 0.128. The second-order valence-electron chi connectivity index (χ2n) is 3.74. The van der Waals surface area contributed by atoms with Crippen LogP contribution in [0.3, 0.4) is 0 Å². The standard InChI is InChI=1S/C11H14F2N2O2S/c1-18(17)4-2-3-15-11(16)7-5-8(12)10(14)9(13)6-7/h5-6H,2-4,14H2,1H3,(H,15,16). The summed E-state index contributed by atoms with van der Waals surface area (Å²) in [5, 5.41) is 2.48. The molecule has 0 saturated heterocycles. The first-order valence-corrected chi connectivity index (χ1v) is 6.97. The second kappa shape index (κ2) is 6.44. The van der Waals surface area contributed by atoms with E-state index < -0.39 is 34.0 Å². The van der Waals surface area contributed by atoms with Crippen molar-refractivity contribution < 1.29 is 17.8 Å². The SMILES string of the molecule is CS(=O)CCCNC(=O)c1cc(F)c(N)c(F)c1. The number of benzene rings is 1. The van der Waals surface area contributed by atoms with E-state index in [1.54, 1.807) is 6.26 Å². The molecule has 3 N–H and O–H groups in total. The molecule has 7 heteroatoms. The maximum Gasteiger partial charge on any atom is 0.251 e. The van der Waals surface area contributed by atoms with Gasteiger partial charge in [-0.2, -0.15) is 0 Å². The molecule has 0 fully saturated rings. The zero-order chi connectivity index (χ0) is 13.7. The van der Waals surface area contributed by atoms with Crippen LogP contribution >= 0.6 is 0 Å². The number of nitrogen functional groups attached to an aromatic ring is 1. The van der Waals surface area contributed by atoms with Crippen LogP contribution in [0, 0.1) is 11.6 Å². The number of nitrogens with one attached hydrogen (secondary N) is 1. The van der Waals surface area contributed by atoms with Gasteiger partial charge >= 0.3 is 0 Å². The molecule has 1 unspecified atom stereocenters. The average Bonchev–Trinajstić information content (AvgIpc) is 2.30. The lowest BCUT2D eigenvalue weighted by Gasteiger charge is -2.06. The molecule has 0 saturated carbocycles. The first-order chi connectivity index (χ1) is 8.41. The van der Waals surface area contributed by atoms with Gasteiger partial charge in [0.2, 0.25) is 0 Å². The largest absolute Gasteiger partial charge is 0.394 e. The molecule has 4 nitrogen and oxygen atoms in total. The summed E-state index contributed by atoms with van der Waals surface area (Å²) in [6.45, 7) is 0.298. The predicted octanol–water partition coefficient (Wildman–Crippen LogP) is 1.05. The van der Waals surface area contributed by atoms with E-state index in [2.05, 4.69) is 5.32 Å². The van der Waals surface area contributed by atoms with Crippen molar-refractivity contribution in [3.05, 3.63) is 29.3 Å². The highest BCUT2D eigenvalue weighted by Crippen LogP contribution is 2.17. The molecule has 1 aromatic carbocycles. The van der Waals surface area contributed by atoms with Crippen LogP contribution in [0.4, 0.5) is 14.5 Å². The van der Waals surface area contributed by atoms with E-state index in [9.17, 15) is 17.8 Å². The number of hydrogen-bond donors (Lipinski definition) is 2. The molecule has 18 heavy (non-hydrogen) atoms. The zero-order valence-corrected chi connectivity index (χ0v) is 10.7. The highest BCUT2D eigenvalue weighted by molar-refractivity contribution is 7.84. The maximum atomic E-state index is 13.1. The topological polar surface area (TPSA) is 72.2 Å².